The van der Waals surface area contributed by atoms with Gasteiger partial charge in [-0.15, -0.1) is 0 Å². The number of anilines is 1. The van der Waals surface area contributed by atoms with Crippen LogP contribution < -0.4 is 5.73 Å². The summed E-state index contributed by atoms with van der Waals surface area (Å²) in [5.41, 5.74) is 6.07. The van der Waals surface area contributed by atoms with Crippen molar-refractivity contribution in [2.75, 3.05) is 5.73 Å². The summed E-state index contributed by atoms with van der Waals surface area (Å²) in [5, 5.41) is 8.75. The van der Waals surface area contributed by atoms with Gasteiger partial charge in [0.15, 0.2) is 0 Å². The smallest absolute Gasteiger partial charge is 0.129 e. The second-order valence-corrected chi connectivity index (χ2v) is 2.67. The molecule has 0 saturated heterocycles. The number of nitrogens with zero attached hydrogens (tertiary/aromatic N) is 1. The van der Waals surface area contributed by atoms with Gasteiger partial charge in [-0.1, -0.05) is 15.9 Å². The molecule has 0 unspecified atom stereocenters. The summed E-state index contributed by atoms with van der Waals surface area (Å²) >= 11 is 3.23. The zero-order chi connectivity index (χ0) is 7.56. The van der Waals surface area contributed by atoms with Gasteiger partial charge in [0.05, 0.1) is 6.61 Å². The molecule has 0 aliphatic rings. The Morgan fingerprint density at radius 2 is 2.40 bits per heavy atom. The fourth-order valence-electron chi connectivity index (χ4n) is 0.640. The molecule has 0 amide bonds. The van der Waals surface area contributed by atoms with Gasteiger partial charge in [0.2, 0.25) is 0 Å². The number of aromatic nitrogens is 1. The Bertz CT molecular complexity index is 219. The Labute approximate surface area is 67.0 Å². The molecule has 0 aromatic carbocycles. The van der Waals surface area contributed by atoms with E-state index in [2.05, 4.69) is 20.9 Å². The largest absolute Gasteiger partial charge is 0.391 e. The normalized spacial score (nSPS) is 9.80. The molecule has 0 spiro atoms. The van der Waals surface area contributed by atoms with Crippen LogP contribution in [0.25, 0.3) is 0 Å². The molecule has 3 nitrogen and oxygen atoms in total. The predicted molar refractivity (Wildman–Crippen MR) is 42.3 cm³/mol. The van der Waals surface area contributed by atoms with Gasteiger partial charge in [-0.25, -0.2) is 4.98 Å². The maximum Gasteiger partial charge on any atom is 0.129 e. The summed E-state index contributed by atoms with van der Waals surface area (Å²) in [4.78, 5) is 3.80. The lowest BCUT2D eigenvalue weighted by molar-refractivity contribution is 0.281. The number of pyridine rings is 1. The minimum absolute atomic E-state index is 0.0831. The summed E-state index contributed by atoms with van der Waals surface area (Å²) in [6, 6.07) is 1.74. The maximum absolute atomic E-state index is 8.75. The van der Waals surface area contributed by atoms with Gasteiger partial charge in [-0.3, -0.25) is 0 Å². The molecule has 3 N–H and O–H groups in total. The number of aliphatic hydroxyl groups is 1. The molecule has 0 aliphatic carbocycles. The Balaban J connectivity index is 3.17. The molecule has 0 fully saturated rings. The molecule has 54 valence electrons. The summed E-state index contributed by atoms with van der Waals surface area (Å²) in [7, 11) is 0. The van der Waals surface area contributed by atoms with Crippen molar-refractivity contribution in [3.05, 3.63) is 22.3 Å². The van der Waals surface area contributed by atoms with Gasteiger partial charge < -0.3 is 10.8 Å². The number of nitrogens with two attached hydrogens (primary N) is 1. The molecule has 1 aromatic rings. The van der Waals surface area contributed by atoms with Crippen LogP contribution in [0.5, 0.6) is 0 Å². The Morgan fingerprint density at radius 1 is 1.70 bits per heavy atom. The Kier molecular flexibility index (Phi) is 2.24. The summed E-state index contributed by atoms with van der Waals surface area (Å²) in [6.45, 7) is -0.0831. The van der Waals surface area contributed by atoms with Crippen LogP contribution in [0, 0.1) is 0 Å². The third-order valence-electron chi connectivity index (χ3n) is 1.19. The van der Waals surface area contributed by atoms with Gasteiger partial charge in [-0.05, 0) is 6.07 Å². The van der Waals surface area contributed by atoms with Gasteiger partial charge in [0, 0.05) is 16.2 Å². The van der Waals surface area contributed by atoms with E-state index in [0.29, 0.717) is 11.4 Å². The van der Waals surface area contributed by atoms with E-state index in [9.17, 15) is 0 Å². The van der Waals surface area contributed by atoms with Crippen molar-refractivity contribution in [3.63, 3.8) is 0 Å². The highest BCUT2D eigenvalue weighted by molar-refractivity contribution is 9.10. The second kappa shape index (κ2) is 2.98. The highest BCUT2D eigenvalue weighted by Gasteiger charge is 2.01. The fourth-order valence-corrected chi connectivity index (χ4v) is 1.09. The van der Waals surface area contributed by atoms with Crippen molar-refractivity contribution in [2.45, 2.75) is 6.61 Å². The minimum atomic E-state index is -0.0831. The molecule has 0 aliphatic heterocycles. The zero-order valence-corrected chi connectivity index (χ0v) is 6.80. The molecule has 1 aromatic heterocycles. The van der Waals surface area contributed by atoms with Gasteiger partial charge in [0.1, 0.15) is 5.82 Å². The van der Waals surface area contributed by atoms with Crippen LogP contribution in [0.3, 0.4) is 0 Å². The van der Waals surface area contributed by atoms with Crippen LogP contribution in [0.4, 0.5) is 5.82 Å². The molecule has 0 saturated carbocycles. The summed E-state index contributed by atoms with van der Waals surface area (Å²) in [5.74, 6) is 0.372. The first-order valence-corrected chi connectivity index (χ1v) is 3.54. The average Bonchev–Trinajstić information content (AvgIpc) is 1.88. The van der Waals surface area contributed by atoms with E-state index in [1.165, 1.54) is 0 Å². The fraction of sp³-hybridized carbons (Fsp3) is 0.167. The van der Waals surface area contributed by atoms with Gasteiger partial charge >= 0.3 is 0 Å². The molecule has 0 bridgehead atoms. The van der Waals surface area contributed by atoms with Crippen LogP contribution in [0.1, 0.15) is 5.56 Å². The van der Waals surface area contributed by atoms with Crippen LogP contribution >= 0.6 is 15.9 Å². The minimum Gasteiger partial charge on any atom is -0.391 e. The van der Waals surface area contributed by atoms with Crippen molar-refractivity contribution in [1.82, 2.24) is 4.98 Å². The van der Waals surface area contributed by atoms with E-state index in [-0.39, 0.29) is 6.61 Å². The number of nitrogen functional groups attached to an aromatic ring is 1. The van der Waals surface area contributed by atoms with E-state index in [1.807, 2.05) is 0 Å². The predicted octanol–water partition coefficient (Wildman–Crippen LogP) is 0.919. The molecule has 10 heavy (non-hydrogen) atoms. The first-order chi connectivity index (χ1) is 4.75. The SMILES string of the molecule is Nc1nccc(Br)c1CO. The van der Waals surface area contributed by atoms with Crippen LogP contribution in [-0.2, 0) is 6.61 Å². The Hall–Kier alpha value is -0.610. The zero-order valence-electron chi connectivity index (χ0n) is 5.21. The van der Waals surface area contributed by atoms with Crippen LogP contribution in [0.15, 0.2) is 16.7 Å². The number of halogens is 1. The number of rotatable bonds is 1. The van der Waals surface area contributed by atoms with Crippen LogP contribution in [0.2, 0.25) is 0 Å². The maximum atomic E-state index is 8.75. The third kappa shape index (κ3) is 1.27. The Morgan fingerprint density at radius 3 is 2.80 bits per heavy atom. The first-order valence-electron chi connectivity index (χ1n) is 2.75. The van der Waals surface area contributed by atoms with Crippen molar-refractivity contribution >= 4 is 21.7 Å². The van der Waals surface area contributed by atoms with Crippen LogP contribution in [-0.4, -0.2) is 10.1 Å². The monoisotopic (exact) mass is 202 g/mol. The topological polar surface area (TPSA) is 59.1 Å². The lowest BCUT2D eigenvalue weighted by atomic mass is 10.3. The third-order valence-corrected chi connectivity index (χ3v) is 1.93. The highest BCUT2D eigenvalue weighted by Crippen LogP contribution is 2.19. The molecule has 1 heterocycles. The van der Waals surface area contributed by atoms with E-state index in [1.54, 1.807) is 12.3 Å². The lowest BCUT2D eigenvalue weighted by Crippen LogP contribution is -1.97. The van der Waals surface area contributed by atoms with E-state index in [0.717, 1.165) is 4.47 Å². The molecule has 0 atom stereocenters. The summed E-state index contributed by atoms with van der Waals surface area (Å²) in [6.07, 6.45) is 1.58. The molecular formula is C6H7BrN2O. The molecule has 1 rings (SSSR count). The molecular weight excluding hydrogens is 196 g/mol. The van der Waals surface area contributed by atoms with Gasteiger partial charge in [-0.2, -0.15) is 0 Å². The lowest BCUT2D eigenvalue weighted by Gasteiger charge is -2.01. The van der Waals surface area contributed by atoms with Crippen molar-refractivity contribution in [1.29, 1.82) is 0 Å². The number of aliphatic hydroxyl groups excluding tert-OH is 1. The first kappa shape index (κ1) is 7.50. The van der Waals surface area contributed by atoms with E-state index in [4.69, 9.17) is 10.8 Å². The van der Waals surface area contributed by atoms with E-state index >= 15 is 0 Å². The van der Waals surface area contributed by atoms with Crippen molar-refractivity contribution in [2.24, 2.45) is 0 Å². The van der Waals surface area contributed by atoms with Gasteiger partial charge in [0.25, 0.3) is 0 Å². The number of hydrogen-bond donors (Lipinski definition) is 2. The van der Waals surface area contributed by atoms with E-state index < -0.39 is 0 Å². The molecule has 4 heteroatoms. The summed E-state index contributed by atoms with van der Waals surface area (Å²) < 4.78 is 0.794. The standard InChI is InChI=1S/C6H7BrN2O/c7-5-1-2-9-6(8)4(5)3-10/h1-2,10H,3H2,(H2,8,9). The molecule has 0 radical (unpaired) electrons. The quantitative estimate of drug-likeness (QED) is 0.713. The highest BCUT2D eigenvalue weighted by atomic mass is 79.9. The average molecular weight is 203 g/mol. The number of hydrogen-bond acceptors (Lipinski definition) is 3. The second-order valence-electron chi connectivity index (χ2n) is 1.81. The van der Waals surface area contributed by atoms with Crippen molar-refractivity contribution < 1.29 is 5.11 Å². The van der Waals surface area contributed by atoms with Crippen molar-refractivity contribution in [3.8, 4) is 0 Å².